The topological polar surface area (TPSA) is 144 Å². The highest BCUT2D eigenvalue weighted by atomic mass is 16.5. The van der Waals surface area contributed by atoms with Crippen molar-refractivity contribution in [1.29, 1.82) is 0 Å². The zero-order chi connectivity index (χ0) is 67.7. The zero-order valence-corrected chi connectivity index (χ0v) is 54.7. The first kappa shape index (κ1) is 65.3. The summed E-state index contributed by atoms with van der Waals surface area (Å²) >= 11 is 0. The van der Waals surface area contributed by atoms with Gasteiger partial charge in [0.25, 0.3) is 5.91 Å². The van der Waals surface area contributed by atoms with Crippen molar-refractivity contribution < 1.29 is 33.4 Å². The molecule has 13 nitrogen and oxygen atoms in total. The molecule has 0 aliphatic heterocycles. The molecule has 10 aromatic carbocycles. The minimum atomic E-state index is -0.404. The number of aryl methyl sites for hydroxylation is 2. The Bertz CT molecular complexity index is 5460. The number of carbonyl (C=O) groups excluding carboxylic acids is 4. The number of nitrogens with one attached hydrogen (secondary N) is 2. The maximum atomic E-state index is 11.8. The molecule has 0 spiro atoms. The van der Waals surface area contributed by atoms with Crippen molar-refractivity contribution >= 4 is 145 Å². The van der Waals surface area contributed by atoms with Crippen LogP contribution in [0.25, 0.3) is 115 Å². The number of anilines is 1. The minimum absolute atomic E-state index is 0.145. The molecule has 2 N–H and O–H groups in total. The van der Waals surface area contributed by atoms with Crippen LogP contribution in [-0.4, -0.2) is 53.7 Å². The van der Waals surface area contributed by atoms with E-state index >= 15 is 0 Å². The van der Waals surface area contributed by atoms with Crippen LogP contribution in [0.4, 0.5) is 5.69 Å². The lowest BCUT2D eigenvalue weighted by Crippen LogP contribution is -2.11. The second kappa shape index (κ2) is 28.7. The van der Waals surface area contributed by atoms with Gasteiger partial charge in [-0.25, -0.2) is 14.4 Å². The Balaban J connectivity index is 0.000000122. The molecule has 0 atom stereocenters. The van der Waals surface area contributed by atoms with Crippen LogP contribution < -0.4 is 14.8 Å². The average molecular weight is 1270 g/mol. The van der Waals surface area contributed by atoms with E-state index in [-0.39, 0.29) is 11.9 Å². The number of esters is 3. The molecule has 478 valence electrons. The van der Waals surface area contributed by atoms with E-state index in [0.717, 1.165) is 72.3 Å². The third-order valence-electron chi connectivity index (χ3n) is 16.6. The van der Waals surface area contributed by atoms with Gasteiger partial charge < -0.3 is 42.8 Å². The van der Waals surface area contributed by atoms with Crippen LogP contribution >= 0.6 is 0 Å². The molecule has 0 aliphatic carbocycles. The van der Waals surface area contributed by atoms with Crippen LogP contribution in [0.3, 0.4) is 0 Å². The van der Waals surface area contributed by atoms with Gasteiger partial charge in [0.1, 0.15) is 18.1 Å². The van der Waals surface area contributed by atoms with E-state index in [1.807, 2.05) is 122 Å². The quantitative estimate of drug-likeness (QED) is 0.0704. The highest BCUT2D eigenvalue weighted by Gasteiger charge is 2.16. The van der Waals surface area contributed by atoms with Crippen molar-refractivity contribution in [2.75, 3.05) is 11.9 Å². The predicted molar refractivity (Wildman–Crippen MR) is 397 cm³/mol. The number of fused-ring (bicyclic) bond motifs is 15. The van der Waals surface area contributed by atoms with Gasteiger partial charge >= 0.3 is 17.9 Å². The number of H-pyrrole nitrogens is 1. The normalized spacial score (nSPS) is 10.9. The summed E-state index contributed by atoms with van der Waals surface area (Å²) in [7, 11) is 2.03. The summed E-state index contributed by atoms with van der Waals surface area (Å²) in [4.78, 5) is 49.7. The predicted octanol–water partition coefficient (Wildman–Crippen LogP) is 19.8. The third kappa shape index (κ3) is 13.6. The number of carbonyl (C=O) groups is 4. The molecule has 1 amide bonds. The number of nitrogens with zero attached hydrogens (tertiary/aromatic N) is 4. The summed E-state index contributed by atoms with van der Waals surface area (Å²) in [5.41, 5.74) is 14.0. The molecular weight excluding hydrogens is 1190 g/mol. The maximum absolute atomic E-state index is 11.8. The van der Waals surface area contributed by atoms with Crippen LogP contribution in [-0.2, 0) is 44.1 Å². The number of benzene rings is 10. The lowest BCUT2D eigenvalue weighted by molar-refractivity contribution is -0.139. The summed E-state index contributed by atoms with van der Waals surface area (Å²) in [6.45, 7) is 28.9. The van der Waals surface area contributed by atoms with Gasteiger partial charge in [0.15, 0.2) is 0 Å². The number of aromatic nitrogens is 5. The SMILES string of the molecule is C=C(C)C(=O)Nc1ccc2c(c1)c1ccccc1n2CC.C=C(C)C(=O)OCCn1c2ccccc2c2ccccc21.C=C(C)C(=O)Oc1ccc2[nH]c3ccccc3c2c1.C=C(C)C(=O)Oc1ccc2c(c1)c1ccccc1n2C.C=Cn1c2ccccc2c2ccccc21. The van der Waals surface area contributed by atoms with Gasteiger partial charge in [-0.15, -0.1) is 0 Å². The first-order chi connectivity index (χ1) is 46.4. The van der Waals surface area contributed by atoms with Crippen LogP contribution in [0.2, 0.25) is 0 Å². The molecule has 0 fully saturated rings. The second-order valence-electron chi connectivity index (χ2n) is 23.4. The van der Waals surface area contributed by atoms with Crippen molar-refractivity contribution in [3.63, 3.8) is 0 Å². The molecule has 5 aromatic heterocycles. The molecule has 96 heavy (non-hydrogen) atoms. The standard InChI is InChI=1S/C18H18N2O.C18H17NO2.C17H15NO2.C16H13NO2.C14H11N/c1-4-20-16-8-6-5-7-14(16)15-11-13(9-10-17(15)20)19-18(21)12(2)3;1-13(2)18(20)21-12-11-19-16-9-5-3-7-14(16)15-8-4-6-10-17(15)19;1-11(2)17(19)20-12-8-9-16-14(10-12)13-6-4-5-7-15(13)18(16)3;1-10(2)16(18)19-11-7-8-15-13(9-11)12-5-3-4-6-14(12)17-15;1-2-15-13-9-5-3-7-11(13)12-8-4-6-10-14(12)15/h5-11H,2,4H2,1,3H3,(H,19,21);3-10H,1,11-12H2,2H3;4-10H,1H2,2-3H3;3-9,17H,1H2,2H3;2-10H,1H2. The maximum Gasteiger partial charge on any atom is 0.338 e. The Kier molecular flexibility index (Phi) is 19.5. The Labute approximate surface area is 556 Å². The van der Waals surface area contributed by atoms with Crippen molar-refractivity contribution in [3.8, 4) is 11.5 Å². The van der Waals surface area contributed by atoms with Gasteiger partial charge in [0, 0.05) is 146 Å². The first-order valence-electron chi connectivity index (χ1n) is 31.5. The number of hydrogen-bond donors (Lipinski definition) is 2. The van der Waals surface area contributed by atoms with Gasteiger partial charge in [-0.1, -0.05) is 160 Å². The van der Waals surface area contributed by atoms with Crippen LogP contribution in [0.15, 0.2) is 280 Å². The summed E-state index contributed by atoms with van der Waals surface area (Å²) < 4.78 is 24.5. The van der Waals surface area contributed by atoms with E-state index < -0.39 is 11.9 Å². The molecule has 0 aliphatic rings. The Hall–Kier alpha value is -12.2. The van der Waals surface area contributed by atoms with E-state index in [4.69, 9.17) is 14.2 Å². The summed E-state index contributed by atoms with van der Waals surface area (Å²) in [5.74, 6) is -0.208. The summed E-state index contributed by atoms with van der Waals surface area (Å²) in [5, 5.41) is 14.7. The Morgan fingerprint density at radius 1 is 0.417 bits per heavy atom. The average Bonchev–Trinajstić information content (AvgIpc) is 1.66. The number of amides is 1. The molecule has 13 heteroatoms. The van der Waals surface area contributed by atoms with Crippen molar-refractivity contribution in [1.82, 2.24) is 23.3 Å². The fourth-order valence-electron chi connectivity index (χ4n) is 11.9. The zero-order valence-electron chi connectivity index (χ0n) is 54.7. The van der Waals surface area contributed by atoms with Gasteiger partial charge in [-0.3, -0.25) is 4.79 Å². The van der Waals surface area contributed by atoms with Crippen molar-refractivity contribution in [2.45, 2.75) is 47.7 Å². The molecule has 15 aromatic rings. The molecular formula is C83H74N6O7. The number of aromatic amines is 1. The van der Waals surface area contributed by atoms with E-state index in [1.165, 1.54) is 49.0 Å². The summed E-state index contributed by atoms with van der Waals surface area (Å²) in [6, 6.07) is 75.2. The largest absolute Gasteiger partial charge is 0.460 e. The lowest BCUT2D eigenvalue weighted by atomic mass is 10.1. The monoisotopic (exact) mass is 1270 g/mol. The number of hydrogen-bond acceptors (Lipinski definition) is 7. The van der Waals surface area contributed by atoms with Gasteiger partial charge in [-0.2, -0.15) is 0 Å². The molecule has 5 heterocycles. The third-order valence-corrected chi connectivity index (χ3v) is 16.6. The highest BCUT2D eigenvalue weighted by Crippen LogP contribution is 2.35. The Morgan fingerprint density at radius 3 is 1.31 bits per heavy atom. The van der Waals surface area contributed by atoms with E-state index in [2.05, 4.69) is 178 Å². The van der Waals surface area contributed by atoms with Crippen LogP contribution in [0.5, 0.6) is 11.5 Å². The molecule has 0 saturated carbocycles. The fraction of sp³-hybridized carbons (Fsp3) is 0.108. The number of para-hydroxylation sites is 7. The van der Waals surface area contributed by atoms with E-state index in [9.17, 15) is 19.2 Å². The van der Waals surface area contributed by atoms with Gasteiger partial charge in [0.2, 0.25) is 0 Å². The second-order valence-corrected chi connectivity index (χ2v) is 23.4. The molecule has 0 unspecified atom stereocenters. The minimum Gasteiger partial charge on any atom is -0.460 e. The summed E-state index contributed by atoms with van der Waals surface area (Å²) in [6.07, 6.45) is 1.87. The van der Waals surface area contributed by atoms with E-state index in [0.29, 0.717) is 46.9 Å². The molecule has 15 rings (SSSR count). The molecule has 0 saturated heterocycles. The van der Waals surface area contributed by atoms with Crippen molar-refractivity contribution in [2.24, 2.45) is 7.05 Å². The van der Waals surface area contributed by atoms with Gasteiger partial charge in [-0.05, 0) is 132 Å². The highest BCUT2D eigenvalue weighted by molar-refractivity contribution is 6.13. The number of ether oxygens (including phenoxy) is 3. The van der Waals surface area contributed by atoms with Crippen LogP contribution in [0, 0.1) is 0 Å². The van der Waals surface area contributed by atoms with E-state index in [1.54, 1.807) is 33.8 Å². The molecule has 0 radical (unpaired) electrons. The molecule has 0 bridgehead atoms. The van der Waals surface area contributed by atoms with Crippen LogP contribution in [0.1, 0.15) is 34.6 Å². The fourth-order valence-corrected chi connectivity index (χ4v) is 11.9. The smallest absolute Gasteiger partial charge is 0.338 e. The lowest BCUT2D eigenvalue weighted by Gasteiger charge is -2.08. The van der Waals surface area contributed by atoms with Crippen molar-refractivity contribution in [3.05, 3.63) is 280 Å². The first-order valence-corrected chi connectivity index (χ1v) is 31.5. The Morgan fingerprint density at radius 2 is 0.802 bits per heavy atom. The number of rotatable bonds is 12. The van der Waals surface area contributed by atoms with Gasteiger partial charge in [0.05, 0.1) is 17.6 Å².